The molecular weight excluding hydrogens is 220 g/mol. The number of nitro benzene ring substituents is 1. The SMILES string of the molecule is CCOc1ccc([N+](=O)[O-])c2c1NOS2. The van der Waals surface area contributed by atoms with Gasteiger partial charge in [0.15, 0.2) is 0 Å². The minimum Gasteiger partial charge on any atom is -0.492 e. The van der Waals surface area contributed by atoms with Gasteiger partial charge in [-0.2, -0.15) is 4.28 Å². The van der Waals surface area contributed by atoms with Crippen molar-refractivity contribution in [2.45, 2.75) is 11.8 Å². The number of nitro groups is 1. The first-order valence-electron chi connectivity index (χ1n) is 4.27. The molecule has 15 heavy (non-hydrogen) atoms. The maximum absolute atomic E-state index is 10.7. The molecule has 1 aromatic rings. The van der Waals surface area contributed by atoms with E-state index in [2.05, 4.69) is 5.48 Å². The van der Waals surface area contributed by atoms with Crippen LogP contribution in [-0.2, 0) is 4.28 Å². The highest BCUT2D eigenvalue weighted by Crippen LogP contribution is 2.46. The fourth-order valence-corrected chi connectivity index (χ4v) is 1.92. The number of nitrogens with zero attached hydrogens (tertiary/aromatic N) is 1. The third-order valence-electron chi connectivity index (χ3n) is 1.86. The molecule has 1 aliphatic heterocycles. The van der Waals surface area contributed by atoms with Crippen LogP contribution in [-0.4, -0.2) is 11.5 Å². The molecule has 6 nitrogen and oxygen atoms in total. The lowest BCUT2D eigenvalue weighted by Crippen LogP contribution is -1.98. The first kappa shape index (κ1) is 10.1. The molecule has 80 valence electrons. The van der Waals surface area contributed by atoms with Crippen LogP contribution in [0.3, 0.4) is 0 Å². The average molecular weight is 228 g/mol. The zero-order valence-corrected chi connectivity index (χ0v) is 8.67. The van der Waals surface area contributed by atoms with Crippen molar-refractivity contribution in [3.05, 3.63) is 22.2 Å². The molecule has 0 saturated heterocycles. The quantitative estimate of drug-likeness (QED) is 0.486. The Labute approximate surface area is 89.9 Å². The van der Waals surface area contributed by atoms with Crippen LogP contribution in [0.2, 0.25) is 0 Å². The van der Waals surface area contributed by atoms with E-state index in [1.165, 1.54) is 6.07 Å². The van der Waals surface area contributed by atoms with E-state index in [4.69, 9.17) is 9.02 Å². The van der Waals surface area contributed by atoms with Crippen LogP contribution in [0.15, 0.2) is 17.0 Å². The first-order chi connectivity index (χ1) is 7.24. The summed E-state index contributed by atoms with van der Waals surface area (Å²) in [6, 6.07) is 2.97. The van der Waals surface area contributed by atoms with Gasteiger partial charge in [0.05, 0.1) is 23.6 Å². The van der Waals surface area contributed by atoms with Gasteiger partial charge in [-0.1, -0.05) is 0 Å². The maximum atomic E-state index is 10.7. The highest BCUT2D eigenvalue weighted by Gasteiger charge is 2.27. The second-order valence-corrected chi connectivity index (χ2v) is 3.49. The van der Waals surface area contributed by atoms with Gasteiger partial charge in [-0.05, 0) is 13.0 Å². The summed E-state index contributed by atoms with van der Waals surface area (Å²) in [5.41, 5.74) is 3.12. The van der Waals surface area contributed by atoms with Crippen molar-refractivity contribution in [1.82, 2.24) is 0 Å². The number of hydrogen-bond donors (Lipinski definition) is 1. The summed E-state index contributed by atoms with van der Waals surface area (Å²) in [5, 5.41) is 10.7. The van der Waals surface area contributed by atoms with Crippen molar-refractivity contribution in [2.75, 3.05) is 12.1 Å². The predicted octanol–water partition coefficient (Wildman–Crippen LogP) is 2.36. The molecule has 0 bridgehead atoms. The Balaban J connectivity index is 2.48. The zero-order chi connectivity index (χ0) is 10.8. The molecular formula is C8H8N2O4S. The normalized spacial score (nSPS) is 13.1. The van der Waals surface area contributed by atoms with Gasteiger partial charge in [-0.25, -0.2) is 5.48 Å². The number of fused-ring (bicyclic) bond motifs is 1. The molecule has 1 N–H and O–H groups in total. The van der Waals surface area contributed by atoms with E-state index in [-0.39, 0.29) is 5.69 Å². The van der Waals surface area contributed by atoms with E-state index in [0.29, 0.717) is 22.9 Å². The molecule has 0 spiro atoms. The Morgan fingerprint density at radius 1 is 1.67 bits per heavy atom. The van der Waals surface area contributed by atoms with E-state index >= 15 is 0 Å². The number of anilines is 1. The number of ether oxygens (including phenoxy) is 1. The van der Waals surface area contributed by atoms with Crippen molar-refractivity contribution in [1.29, 1.82) is 0 Å². The molecule has 1 aliphatic rings. The lowest BCUT2D eigenvalue weighted by molar-refractivity contribution is -0.387. The largest absolute Gasteiger partial charge is 0.492 e. The molecule has 0 saturated carbocycles. The van der Waals surface area contributed by atoms with E-state index in [1.54, 1.807) is 6.07 Å². The Hall–Kier alpha value is -1.47. The Kier molecular flexibility index (Phi) is 2.65. The van der Waals surface area contributed by atoms with Gasteiger partial charge in [-0.3, -0.25) is 10.1 Å². The van der Waals surface area contributed by atoms with Crippen molar-refractivity contribution >= 4 is 23.4 Å². The van der Waals surface area contributed by atoms with Crippen LogP contribution in [0.5, 0.6) is 5.75 Å². The second kappa shape index (κ2) is 3.95. The number of benzene rings is 1. The molecule has 0 unspecified atom stereocenters. The average Bonchev–Trinajstić information content (AvgIpc) is 2.66. The zero-order valence-electron chi connectivity index (χ0n) is 7.85. The summed E-state index contributed by atoms with van der Waals surface area (Å²) in [6.45, 7) is 2.34. The van der Waals surface area contributed by atoms with E-state index in [9.17, 15) is 10.1 Å². The Morgan fingerprint density at radius 3 is 3.13 bits per heavy atom. The predicted molar refractivity (Wildman–Crippen MR) is 54.8 cm³/mol. The molecule has 1 heterocycles. The smallest absolute Gasteiger partial charge is 0.287 e. The minimum atomic E-state index is -0.447. The van der Waals surface area contributed by atoms with Gasteiger partial charge < -0.3 is 4.74 Å². The van der Waals surface area contributed by atoms with Gasteiger partial charge in [0.1, 0.15) is 16.3 Å². The summed E-state index contributed by atoms with van der Waals surface area (Å²) in [4.78, 5) is 10.7. The van der Waals surface area contributed by atoms with Crippen LogP contribution in [0.1, 0.15) is 6.92 Å². The highest BCUT2D eigenvalue weighted by atomic mass is 32.2. The van der Waals surface area contributed by atoms with Crippen molar-refractivity contribution in [3.63, 3.8) is 0 Å². The maximum Gasteiger partial charge on any atom is 0.287 e. The molecule has 2 rings (SSSR count). The molecule has 0 atom stereocenters. The molecule has 0 fully saturated rings. The van der Waals surface area contributed by atoms with Crippen LogP contribution in [0.4, 0.5) is 11.4 Å². The molecule has 0 aromatic heterocycles. The van der Waals surface area contributed by atoms with E-state index < -0.39 is 4.92 Å². The molecule has 0 aliphatic carbocycles. The topological polar surface area (TPSA) is 73.6 Å². The van der Waals surface area contributed by atoms with Crippen LogP contribution >= 0.6 is 12.0 Å². The lowest BCUT2D eigenvalue weighted by atomic mass is 10.2. The molecule has 1 aromatic carbocycles. The summed E-state index contributed by atoms with van der Waals surface area (Å²) in [6.07, 6.45) is 0. The minimum absolute atomic E-state index is 0.0171. The van der Waals surface area contributed by atoms with Gasteiger partial charge >= 0.3 is 0 Å². The van der Waals surface area contributed by atoms with Crippen molar-refractivity contribution in [3.8, 4) is 5.75 Å². The summed E-state index contributed by atoms with van der Waals surface area (Å²) < 4.78 is 10.2. The van der Waals surface area contributed by atoms with E-state index in [1.807, 2.05) is 6.92 Å². The van der Waals surface area contributed by atoms with Crippen LogP contribution < -0.4 is 10.2 Å². The van der Waals surface area contributed by atoms with Gasteiger partial charge in [-0.15, -0.1) is 0 Å². The summed E-state index contributed by atoms with van der Waals surface area (Å²) in [5.74, 6) is 0.558. The molecule has 7 heteroatoms. The summed E-state index contributed by atoms with van der Waals surface area (Å²) >= 11 is 0.930. The van der Waals surface area contributed by atoms with Crippen molar-refractivity contribution in [2.24, 2.45) is 0 Å². The first-order valence-corrected chi connectivity index (χ1v) is 5.02. The molecule has 0 radical (unpaired) electrons. The van der Waals surface area contributed by atoms with Gasteiger partial charge in [0.2, 0.25) is 0 Å². The van der Waals surface area contributed by atoms with Crippen LogP contribution in [0.25, 0.3) is 0 Å². The standard InChI is InChI=1S/C8H8N2O4S/c1-2-13-6-4-3-5(10(11)12)8-7(6)9-14-15-8/h3-4,9H,2H2,1H3. The third-order valence-corrected chi connectivity index (χ3v) is 2.61. The highest BCUT2D eigenvalue weighted by molar-refractivity contribution is 7.95. The fraction of sp³-hybridized carbons (Fsp3) is 0.250. The monoisotopic (exact) mass is 228 g/mol. The Bertz CT molecular complexity index is 410. The van der Waals surface area contributed by atoms with Crippen molar-refractivity contribution < 1.29 is 13.9 Å². The van der Waals surface area contributed by atoms with Crippen LogP contribution in [0, 0.1) is 10.1 Å². The fourth-order valence-electron chi connectivity index (χ4n) is 1.26. The van der Waals surface area contributed by atoms with Gasteiger partial charge in [0.25, 0.3) is 5.69 Å². The molecule has 0 amide bonds. The number of rotatable bonds is 3. The second-order valence-electron chi connectivity index (χ2n) is 2.75. The van der Waals surface area contributed by atoms with Gasteiger partial charge in [0, 0.05) is 6.07 Å². The third kappa shape index (κ3) is 1.71. The Morgan fingerprint density at radius 2 is 2.47 bits per heavy atom. The van der Waals surface area contributed by atoms with E-state index in [0.717, 1.165) is 12.0 Å². The number of nitrogens with one attached hydrogen (secondary N) is 1. The lowest BCUT2D eigenvalue weighted by Gasteiger charge is -2.06. The summed E-state index contributed by atoms with van der Waals surface area (Å²) in [7, 11) is 0. The number of hydrogen-bond acceptors (Lipinski definition) is 6.